The van der Waals surface area contributed by atoms with Crippen molar-refractivity contribution < 1.29 is 9.53 Å². The largest absolute Gasteiger partial charge is 0.492 e. The number of carbonyl (C=O) groups is 1. The highest BCUT2D eigenvalue weighted by molar-refractivity contribution is 5.93. The standard InChI is InChI=1S/C33H43N7O2/c1-25-7-8-28(35-32(41)24-39-16-3-2-4-17-39)21-31(25)40-18-13-30-26(23-40)22-34-33(37-30)36-27-9-11-29(12-10-27)42-20-19-38-14-5-6-15-38/h7-12,21-22H,2-6,13-20,23-24H2,1H3,(H,35,41)(H,34,36,37). The van der Waals surface area contributed by atoms with Crippen LogP contribution in [0.15, 0.2) is 48.7 Å². The Hall–Kier alpha value is -3.69. The summed E-state index contributed by atoms with van der Waals surface area (Å²) in [4.78, 5) is 29.2. The van der Waals surface area contributed by atoms with Crippen LogP contribution in [0.2, 0.25) is 0 Å². The fourth-order valence-electron chi connectivity index (χ4n) is 6.19. The van der Waals surface area contributed by atoms with E-state index < -0.39 is 0 Å². The zero-order chi connectivity index (χ0) is 28.7. The molecular weight excluding hydrogens is 526 g/mol. The Balaban J connectivity index is 1.03. The summed E-state index contributed by atoms with van der Waals surface area (Å²) in [6.45, 7) is 10.3. The van der Waals surface area contributed by atoms with Gasteiger partial charge in [0.2, 0.25) is 11.9 Å². The van der Waals surface area contributed by atoms with Gasteiger partial charge in [0, 0.05) is 54.9 Å². The molecule has 2 saturated heterocycles. The second-order valence-corrected chi connectivity index (χ2v) is 11.8. The zero-order valence-electron chi connectivity index (χ0n) is 24.8. The molecule has 4 heterocycles. The SMILES string of the molecule is Cc1ccc(NC(=O)CN2CCCCC2)cc1N1CCc2nc(Nc3ccc(OCCN4CCCC4)cc3)ncc2C1. The number of nitrogens with one attached hydrogen (secondary N) is 2. The lowest BCUT2D eigenvalue weighted by Crippen LogP contribution is -2.36. The molecule has 222 valence electrons. The van der Waals surface area contributed by atoms with Crippen LogP contribution in [0.4, 0.5) is 23.0 Å². The summed E-state index contributed by atoms with van der Waals surface area (Å²) in [6.07, 6.45) is 9.01. The Morgan fingerprint density at radius 1 is 0.905 bits per heavy atom. The topological polar surface area (TPSA) is 85.9 Å². The lowest BCUT2D eigenvalue weighted by atomic mass is 10.0. The second kappa shape index (κ2) is 13.5. The number of carbonyl (C=O) groups excluding carboxylic acids is 1. The third-order valence-electron chi connectivity index (χ3n) is 8.57. The summed E-state index contributed by atoms with van der Waals surface area (Å²) in [7, 11) is 0. The molecule has 0 spiro atoms. The Bertz CT molecular complexity index is 1350. The molecule has 0 bridgehead atoms. The third kappa shape index (κ3) is 7.38. The lowest BCUT2D eigenvalue weighted by molar-refractivity contribution is -0.117. The number of fused-ring (bicyclic) bond motifs is 1. The molecule has 1 aromatic heterocycles. The van der Waals surface area contributed by atoms with Gasteiger partial charge >= 0.3 is 0 Å². The van der Waals surface area contributed by atoms with Crippen LogP contribution in [0.5, 0.6) is 5.75 Å². The van der Waals surface area contributed by atoms with Crippen molar-refractivity contribution >= 4 is 28.9 Å². The van der Waals surface area contributed by atoms with E-state index in [9.17, 15) is 4.79 Å². The predicted octanol–water partition coefficient (Wildman–Crippen LogP) is 4.99. The fourth-order valence-corrected chi connectivity index (χ4v) is 6.19. The molecular formula is C33H43N7O2. The Morgan fingerprint density at radius 2 is 1.64 bits per heavy atom. The molecule has 2 fully saturated rings. The van der Waals surface area contributed by atoms with Crippen LogP contribution in [0.1, 0.15) is 48.9 Å². The van der Waals surface area contributed by atoms with E-state index in [-0.39, 0.29) is 5.91 Å². The molecule has 2 aromatic carbocycles. The van der Waals surface area contributed by atoms with Crippen molar-refractivity contribution in [2.75, 3.05) is 68.0 Å². The van der Waals surface area contributed by atoms with Gasteiger partial charge in [-0.3, -0.25) is 14.6 Å². The number of nitrogens with zero attached hydrogens (tertiary/aromatic N) is 5. The molecule has 0 unspecified atom stereocenters. The minimum atomic E-state index is 0.0591. The first-order chi connectivity index (χ1) is 20.6. The van der Waals surface area contributed by atoms with Crippen LogP contribution in [0.25, 0.3) is 0 Å². The van der Waals surface area contributed by atoms with E-state index in [2.05, 4.69) is 49.4 Å². The highest BCUT2D eigenvalue weighted by Crippen LogP contribution is 2.30. The van der Waals surface area contributed by atoms with Gasteiger partial charge in [0.25, 0.3) is 0 Å². The molecule has 9 nitrogen and oxygen atoms in total. The first kappa shape index (κ1) is 28.4. The maximum Gasteiger partial charge on any atom is 0.238 e. The minimum Gasteiger partial charge on any atom is -0.492 e. The molecule has 3 aromatic rings. The molecule has 42 heavy (non-hydrogen) atoms. The van der Waals surface area contributed by atoms with Crippen LogP contribution < -0.4 is 20.3 Å². The number of hydrogen-bond donors (Lipinski definition) is 2. The van der Waals surface area contributed by atoms with E-state index in [1.807, 2.05) is 36.5 Å². The van der Waals surface area contributed by atoms with Crippen LogP contribution in [0.3, 0.4) is 0 Å². The van der Waals surface area contributed by atoms with Crippen molar-refractivity contribution in [1.29, 1.82) is 0 Å². The normalized spacial score (nSPS) is 17.6. The maximum absolute atomic E-state index is 12.7. The monoisotopic (exact) mass is 569 g/mol. The average Bonchev–Trinajstić information content (AvgIpc) is 3.53. The van der Waals surface area contributed by atoms with Crippen molar-refractivity contribution in [2.24, 2.45) is 0 Å². The van der Waals surface area contributed by atoms with Gasteiger partial charge in [-0.15, -0.1) is 0 Å². The molecule has 9 heteroatoms. The van der Waals surface area contributed by atoms with Crippen molar-refractivity contribution in [3.63, 3.8) is 0 Å². The number of piperidine rings is 1. The Labute approximate surface area is 249 Å². The van der Waals surface area contributed by atoms with Gasteiger partial charge in [-0.25, -0.2) is 9.97 Å². The Kier molecular flexibility index (Phi) is 9.15. The first-order valence-electron chi connectivity index (χ1n) is 15.5. The number of hydrogen-bond acceptors (Lipinski definition) is 8. The summed E-state index contributed by atoms with van der Waals surface area (Å²) in [5.41, 5.74) is 6.33. The summed E-state index contributed by atoms with van der Waals surface area (Å²) >= 11 is 0. The van der Waals surface area contributed by atoms with Crippen molar-refractivity contribution in [1.82, 2.24) is 19.8 Å². The van der Waals surface area contributed by atoms with Crippen LogP contribution in [-0.2, 0) is 17.8 Å². The average molecular weight is 570 g/mol. The second-order valence-electron chi connectivity index (χ2n) is 11.8. The number of anilines is 4. The number of aryl methyl sites for hydroxylation is 1. The summed E-state index contributed by atoms with van der Waals surface area (Å²) < 4.78 is 5.93. The number of amides is 1. The maximum atomic E-state index is 12.7. The number of rotatable bonds is 10. The summed E-state index contributed by atoms with van der Waals surface area (Å²) in [5, 5.41) is 6.47. The third-order valence-corrected chi connectivity index (χ3v) is 8.57. The van der Waals surface area contributed by atoms with E-state index in [1.54, 1.807) is 0 Å². The Morgan fingerprint density at radius 3 is 2.45 bits per heavy atom. The zero-order valence-corrected chi connectivity index (χ0v) is 24.8. The van der Waals surface area contributed by atoms with Crippen molar-refractivity contribution in [3.8, 4) is 5.75 Å². The molecule has 2 N–H and O–H groups in total. The van der Waals surface area contributed by atoms with E-state index in [0.29, 0.717) is 12.5 Å². The fraction of sp³-hybridized carbons (Fsp3) is 0.485. The quantitative estimate of drug-likeness (QED) is 0.353. The van der Waals surface area contributed by atoms with Crippen LogP contribution in [0, 0.1) is 6.92 Å². The van der Waals surface area contributed by atoms with Gasteiger partial charge in [0.1, 0.15) is 12.4 Å². The smallest absolute Gasteiger partial charge is 0.238 e. The van der Waals surface area contributed by atoms with Gasteiger partial charge in [-0.1, -0.05) is 12.5 Å². The molecule has 0 atom stereocenters. The number of likely N-dealkylation sites (tertiary alicyclic amines) is 2. The van der Waals surface area contributed by atoms with Crippen LogP contribution in [-0.4, -0.2) is 78.1 Å². The van der Waals surface area contributed by atoms with Crippen molar-refractivity contribution in [2.45, 2.75) is 52.0 Å². The number of ether oxygens (including phenoxy) is 1. The molecule has 0 aliphatic carbocycles. The molecule has 0 saturated carbocycles. The molecule has 3 aliphatic heterocycles. The lowest BCUT2D eigenvalue weighted by Gasteiger charge is -2.31. The van der Waals surface area contributed by atoms with E-state index in [0.717, 1.165) is 79.8 Å². The molecule has 6 rings (SSSR count). The van der Waals surface area contributed by atoms with Crippen LogP contribution >= 0.6 is 0 Å². The highest BCUT2D eigenvalue weighted by Gasteiger charge is 2.21. The molecule has 3 aliphatic rings. The predicted molar refractivity (Wildman–Crippen MR) is 168 cm³/mol. The minimum absolute atomic E-state index is 0.0591. The van der Waals surface area contributed by atoms with Gasteiger partial charge in [0.15, 0.2) is 0 Å². The summed E-state index contributed by atoms with van der Waals surface area (Å²) in [6, 6.07) is 14.2. The van der Waals surface area contributed by atoms with Gasteiger partial charge < -0.3 is 20.3 Å². The summed E-state index contributed by atoms with van der Waals surface area (Å²) in [5.74, 6) is 1.55. The van der Waals surface area contributed by atoms with Gasteiger partial charge in [-0.05, 0) is 101 Å². The van der Waals surface area contributed by atoms with Gasteiger partial charge in [0.05, 0.1) is 12.2 Å². The number of benzene rings is 2. The highest BCUT2D eigenvalue weighted by atomic mass is 16.5. The number of aromatic nitrogens is 2. The molecule has 1 amide bonds. The van der Waals surface area contributed by atoms with E-state index in [1.165, 1.54) is 50.8 Å². The first-order valence-corrected chi connectivity index (χ1v) is 15.5. The molecule has 0 radical (unpaired) electrons. The van der Waals surface area contributed by atoms with E-state index in [4.69, 9.17) is 9.72 Å². The van der Waals surface area contributed by atoms with Crippen molar-refractivity contribution in [3.05, 3.63) is 65.5 Å². The van der Waals surface area contributed by atoms with Gasteiger partial charge in [-0.2, -0.15) is 0 Å². The van der Waals surface area contributed by atoms with E-state index >= 15 is 0 Å².